The summed E-state index contributed by atoms with van der Waals surface area (Å²) >= 11 is 1.12. The Labute approximate surface area is 149 Å². The van der Waals surface area contributed by atoms with Crippen LogP contribution in [0.5, 0.6) is 0 Å². The Kier molecular flexibility index (Phi) is 7.21. The molecule has 8 heteroatoms. The van der Waals surface area contributed by atoms with Crippen LogP contribution in [0.4, 0.5) is 5.69 Å². The number of thioether (sulfide) groups is 1. The molecule has 0 spiro atoms. The predicted octanol–water partition coefficient (Wildman–Crippen LogP) is 2.46. The van der Waals surface area contributed by atoms with Gasteiger partial charge in [0.25, 0.3) is 5.56 Å². The number of carbonyl (C=O) groups excluding carboxylic acids is 2. The number of H-pyrrole nitrogens is 1. The molecule has 132 valence electrons. The van der Waals surface area contributed by atoms with E-state index in [1.54, 1.807) is 24.3 Å². The first-order valence-corrected chi connectivity index (χ1v) is 8.82. The van der Waals surface area contributed by atoms with Gasteiger partial charge in [0.05, 0.1) is 17.9 Å². The number of carbonyl (C=O) groups is 2. The maximum absolute atomic E-state index is 12.0. The van der Waals surface area contributed by atoms with Crippen molar-refractivity contribution in [3.05, 3.63) is 52.4 Å². The second-order valence-electron chi connectivity index (χ2n) is 5.15. The van der Waals surface area contributed by atoms with E-state index in [1.165, 1.54) is 12.3 Å². The largest absolute Gasteiger partial charge is 0.462 e. The number of hydrogen-bond donors (Lipinski definition) is 2. The molecule has 7 nitrogen and oxygen atoms in total. The molecule has 1 amide bonds. The minimum atomic E-state index is -0.412. The van der Waals surface area contributed by atoms with Gasteiger partial charge in [0.15, 0.2) is 5.16 Å². The van der Waals surface area contributed by atoms with Crippen LogP contribution >= 0.6 is 11.8 Å². The van der Waals surface area contributed by atoms with Gasteiger partial charge < -0.3 is 15.0 Å². The van der Waals surface area contributed by atoms with Gasteiger partial charge in [-0.05, 0) is 24.6 Å². The molecular formula is C17H19N3O4S. The Morgan fingerprint density at radius 3 is 2.92 bits per heavy atom. The second-order valence-corrected chi connectivity index (χ2v) is 6.11. The highest BCUT2D eigenvalue weighted by atomic mass is 32.2. The van der Waals surface area contributed by atoms with Crippen LogP contribution in [0.3, 0.4) is 0 Å². The van der Waals surface area contributed by atoms with Crippen LogP contribution in [0.15, 0.2) is 46.5 Å². The van der Waals surface area contributed by atoms with E-state index in [2.05, 4.69) is 15.3 Å². The van der Waals surface area contributed by atoms with Crippen LogP contribution in [-0.4, -0.2) is 34.2 Å². The number of esters is 1. The molecule has 1 aromatic carbocycles. The molecule has 0 aliphatic carbocycles. The van der Waals surface area contributed by atoms with Crippen LogP contribution in [0, 0.1) is 0 Å². The normalized spacial score (nSPS) is 10.3. The molecule has 1 heterocycles. The number of nitrogens with one attached hydrogen (secondary N) is 2. The fraction of sp³-hybridized carbons (Fsp3) is 0.294. The highest BCUT2D eigenvalue weighted by molar-refractivity contribution is 7.99. The van der Waals surface area contributed by atoms with E-state index < -0.39 is 5.97 Å². The lowest BCUT2D eigenvalue weighted by Crippen LogP contribution is -2.15. The Morgan fingerprint density at radius 2 is 2.16 bits per heavy atom. The average Bonchev–Trinajstić information content (AvgIpc) is 2.60. The number of aromatic nitrogens is 2. The van der Waals surface area contributed by atoms with Crippen molar-refractivity contribution in [3.63, 3.8) is 0 Å². The number of aromatic amines is 1. The molecule has 0 atom stereocenters. The minimum absolute atomic E-state index is 0.0815. The lowest BCUT2D eigenvalue weighted by Gasteiger charge is -2.07. The van der Waals surface area contributed by atoms with Gasteiger partial charge in [0, 0.05) is 18.0 Å². The van der Waals surface area contributed by atoms with Crippen molar-refractivity contribution in [1.82, 2.24) is 9.97 Å². The number of rotatable bonds is 8. The lowest BCUT2D eigenvalue weighted by atomic mass is 10.2. The van der Waals surface area contributed by atoms with Crippen molar-refractivity contribution in [2.75, 3.05) is 17.7 Å². The molecule has 0 radical (unpaired) electrons. The van der Waals surface area contributed by atoms with Gasteiger partial charge in [-0.1, -0.05) is 31.2 Å². The maximum Gasteiger partial charge on any atom is 0.338 e. The van der Waals surface area contributed by atoms with Gasteiger partial charge in [-0.25, -0.2) is 9.78 Å². The number of nitrogens with zero attached hydrogens (tertiary/aromatic N) is 1. The van der Waals surface area contributed by atoms with Crippen LogP contribution < -0.4 is 10.9 Å². The topological polar surface area (TPSA) is 101 Å². The first kappa shape index (κ1) is 18.7. The summed E-state index contributed by atoms with van der Waals surface area (Å²) in [4.78, 5) is 41.6. The van der Waals surface area contributed by atoms with Gasteiger partial charge in [0.2, 0.25) is 5.91 Å². The zero-order valence-electron chi connectivity index (χ0n) is 13.8. The highest BCUT2D eigenvalue weighted by Crippen LogP contribution is 2.14. The SMILES string of the molecule is CCCCOC(=O)c1cccc(NC(=O)CSc2nccc(=O)[nH]2)c1. The van der Waals surface area contributed by atoms with Crippen LogP contribution in [0.2, 0.25) is 0 Å². The third kappa shape index (κ3) is 6.42. The van der Waals surface area contributed by atoms with Crippen LogP contribution in [0.1, 0.15) is 30.1 Å². The average molecular weight is 361 g/mol. The van der Waals surface area contributed by atoms with Crippen molar-refractivity contribution < 1.29 is 14.3 Å². The predicted molar refractivity (Wildman–Crippen MR) is 95.8 cm³/mol. The van der Waals surface area contributed by atoms with E-state index in [0.29, 0.717) is 23.0 Å². The van der Waals surface area contributed by atoms with Crippen molar-refractivity contribution in [3.8, 4) is 0 Å². The molecular weight excluding hydrogens is 342 g/mol. The smallest absolute Gasteiger partial charge is 0.338 e. The summed E-state index contributed by atoms with van der Waals surface area (Å²) in [6.07, 6.45) is 3.14. The zero-order valence-corrected chi connectivity index (χ0v) is 14.6. The summed E-state index contributed by atoms with van der Waals surface area (Å²) in [5.74, 6) is -0.601. The van der Waals surface area contributed by atoms with Gasteiger partial charge >= 0.3 is 5.97 Å². The summed E-state index contributed by atoms with van der Waals surface area (Å²) in [6.45, 7) is 2.40. The molecule has 0 saturated heterocycles. The fourth-order valence-corrected chi connectivity index (χ4v) is 2.52. The highest BCUT2D eigenvalue weighted by Gasteiger charge is 2.10. The Hall–Kier alpha value is -2.61. The number of amides is 1. The monoisotopic (exact) mass is 361 g/mol. The fourth-order valence-electron chi connectivity index (χ4n) is 1.87. The van der Waals surface area contributed by atoms with Crippen molar-refractivity contribution in [2.24, 2.45) is 0 Å². The van der Waals surface area contributed by atoms with E-state index in [0.717, 1.165) is 24.6 Å². The van der Waals surface area contributed by atoms with Gasteiger partial charge in [-0.3, -0.25) is 9.59 Å². The third-order valence-corrected chi connectivity index (χ3v) is 3.99. The molecule has 0 bridgehead atoms. The Balaban J connectivity index is 1.89. The van der Waals surface area contributed by atoms with Gasteiger partial charge in [-0.2, -0.15) is 0 Å². The van der Waals surface area contributed by atoms with Crippen LogP contribution in [-0.2, 0) is 9.53 Å². The molecule has 2 N–H and O–H groups in total. The molecule has 0 saturated carbocycles. The van der Waals surface area contributed by atoms with Gasteiger partial charge in [-0.15, -0.1) is 0 Å². The number of hydrogen-bond acceptors (Lipinski definition) is 6. The zero-order chi connectivity index (χ0) is 18.1. The van der Waals surface area contributed by atoms with Gasteiger partial charge in [0.1, 0.15) is 0 Å². The first-order valence-electron chi connectivity index (χ1n) is 7.83. The molecule has 2 aromatic rings. The number of anilines is 1. The lowest BCUT2D eigenvalue weighted by molar-refractivity contribution is -0.113. The van der Waals surface area contributed by atoms with E-state index >= 15 is 0 Å². The second kappa shape index (κ2) is 9.63. The molecule has 0 aliphatic heterocycles. The molecule has 2 rings (SSSR count). The molecule has 0 fully saturated rings. The summed E-state index contributed by atoms with van der Waals surface area (Å²) in [5.41, 5.74) is 0.618. The summed E-state index contributed by atoms with van der Waals surface area (Å²) < 4.78 is 5.15. The quantitative estimate of drug-likeness (QED) is 0.324. The Bertz CT molecular complexity index is 791. The molecule has 0 aliphatic rings. The van der Waals surface area contributed by atoms with E-state index in [4.69, 9.17) is 4.74 Å². The molecule has 25 heavy (non-hydrogen) atoms. The van der Waals surface area contributed by atoms with Crippen molar-refractivity contribution in [2.45, 2.75) is 24.9 Å². The number of benzene rings is 1. The van der Waals surface area contributed by atoms with Crippen LogP contribution in [0.25, 0.3) is 0 Å². The molecule has 1 aromatic heterocycles. The minimum Gasteiger partial charge on any atom is -0.462 e. The summed E-state index contributed by atoms with van der Waals surface area (Å²) in [5, 5.41) is 3.07. The van der Waals surface area contributed by atoms with E-state index in [-0.39, 0.29) is 17.2 Å². The first-order chi connectivity index (χ1) is 12.1. The summed E-state index contributed by atoms with van der Waals surface area (Å²) in [6, 6.07) is 7.87. The molecule has 0 unspecified atom stereocenters. The number of unbranched alkanes of at least 4 members (excludes halogenated alkanes) is 1. The number of ether oxygens (including phenoxy) is 1. The maximum atomic E-state index is 12.0. The van der Waals surface area contributed by atoms with Crippen molar-refractivity contribution in [1.29, 1.82) is 0 Å². The Morgan fingerprint density at radius 1 is 1.32 bits per heavy atom. The van der Waals surface area contributed by atoms with E-state index in [1.807, 2.05) is 6.92 Å². The standard InChI is InChI=1S/C17H19N3O4S/c1-2-3-9-24-16(23)12-5-4-6-13(10-12)19-15(22)11-25-17-18-8-7-14(21)20-17/h4-8,10H,2-3,9,11H2,1H3,(H,19,22)(H,18,20,21). The van der Waals surface area contributed by atoms with Crippen molar-refractivity contribution >= 4 is 29.3 Å². The van der Waals surface area contributed by atoms with E-state index in [9.17, 15) is 14.4 Å². The summed E-state index contributed by atoms with van der Waals surface area (Å²) in [7, 11) is 0. The third-order valence-electron chi connectivity index (χ3n) is 3.10.